The van der Waals surface area contributed by atoms with Gasteiger partial charge in [0.2, 0.25) is 5.91 Å². The first-order valence-electron chi connectivity index (χ1n) is 9.15. The van der Waals surface area contributed by atoms with Gasteiger partial charge in [-0.05, 0) is 42.2 Å². The van der Waals surface area contributed by atoms with Gasteiger partial charge < -0.3 is 10.6 Å². The zero-order valence-electron chi connectivity index (χ0n) is 16.1. The van der Waals surface area contributed by atoms with Crippen molar-refractivity contribution in [2.75, 3.05) is 6.54 Å². The minimum atomic E-state index is -1.19. The minimum Gasteiger partial charge on any atom is -0.352 e. The maximum absolute atomic E-state index is 13.0. The van der Waals surface area contributed by atoms with E-state index >= 15 is 0 Å². The third-order valence-electron chi connectivity index (χ3n) is 5.29. The van der Waals surface area contributed by atoms with E-state index in [1.165, 1.54) is 0 Å². The second-order valence-electron chi connectivity index (χ2n) is 7.61. The molecule has 2 atom stereocenters. The van der Waals surface area contributed by atoms with Gasteiger partial charge in [0.1, 0.15) is 12.1 Å². The molecule has 142 valence electrons. The molecule has 1 heterocycles. The van der Waals surface area contributed by atoms with Crippen molar-refractivity contribution in [2.45, 2.75) is 39.3 Å². The molecule has 2 aromatic carbocycles. The van der Waals surface area contributed by atoms with Crippen molar-refractivity contribution in [3.8, 4) is 0 Å². The Morgan fingerprint density at radius 1 is 1.11 bits per heavy atom. The fraction of sp³-hybridized carbons (Fsp3) is 0.381. The molecule has 1 aliphatic rings. The molecular formula is C21H25N3O3. The lowest BCUT2D eigenvalue weighted by molar-refractivity contribution is -0.135. The maximum atomic E-state index is 13.0. The summed E-state index contributed by atoms with van der Waals surface area (Å²) in [6.45, 7) is 7.27. The van der Waals surface area contributed by atoms with Gasteiger partial charge in [0, 0.05) is 6.04 Å². The SMILES string of the molecule is CC(C)[C@@H](C)NC(=O)CN1C(=O)N[C@](C)(c2ccc3ccccc3c2)C1=O. The summed E-state index contributed by atoms with van der Waals surface area (Å²) in [5.41, 5.74) is -0.497. The lowest BCUT2D eigenvalue weighted by atomic mass is 9.90. The molecular weight excluding hydrogens is 342 g/mol. The van der Waals surface area contributed by atoms with Crippen LogP contribution in [0.15, 0.2) is 42.5 Å². The van der Waals surface area contributed by atoms with E-state index in [4.69, 9.17) is 0 Å². The molecule has 1 saturated heterocycles. The topological polar surface area (TPSA) is 78.5 Å². The molecule has 1 aliphatic heterocycles. The average Bonchev–Trinajstić information content (AvgIpc) is 2.85. The summed E-state index contributed by atoms with van der Waals surface area (Å²) >= 11 is 0. The van der Waals surface area contributed by atoms with E-state index in [1.54, 1.807) is 6.92 Å². The van der Waals surface area contributed by atoms with Crippen molar-refractivity contribution in [1.82, 2.24) is 15.5 Å². The Morgan fingerprint density at radius 2 is 1.78 bits per heavy atom. The van der Waals surface area contributed by atoms with Crippen LogP contribution in [0.25, 0.3) is 10.8 Å². The molecule has 0 saturated carbocycles. The zero-order valence-corrected chi connectivity index (χ0v) is 16.1. The molecule has 2 N–H and O–H groups in total. The van der Waals surface area contributed by atoms with Gasteiger partial charge >= 0.3 is 6.03 Å². The minimum absolute atomic E-state index is 0.0369. The van der Waals surface area contributed by atoms with Crippen molar-refractivity contribution in [1.29, 1.82) is 0 Å². The number of carbonyl (C=O) groups is 3. The maximum Gasteiger partial charge on any atom is 0.325 e. The number of urea groups is 1. The van der Waals surface area contributed by atoms with Crippen LogP contribution in [0.3, 0.4) is 0 Å². The molecule has 0 bridgehead atoms. The Labute approximate surface area is 158 Å². The quantitative estimate of drug-likeness (QED) is 0.798. The fourth-order valence-electron chi connectivity index (χ4n) is 3.15. The van der Waals surface area contributed by atoms with Crippen LogP contribution in [0.4, 0.5) is 4.79 Å². The lowest BCUT2D eigenvalue weighted by Gasteiger charge is -2.23. The normalized spacial score (nSPS) is 20.9. The molecule has 0 aromatic heterocycles. The molecule has 27 heavy (non-hydrogen) atoms. The molecule has 4 amide bonds. The van der Waals surface area contributed by atoms with Crippen LogP contribution in [0.2, 0.25) is 0 Å². The molecule has 1 fully saturated rings. The molecule has 0 aliphatic carbocycles. The molecule has 6 heteroatoms. The third kappa shape index (κ3) is 3.52. The Kier molecular flexibility index (Phi) is 4.91. The predicted octanol–water partition coefficient (Wildman–Crippen LogP) is 2.77. The molecule has 0 spiro atoms. The first-order chi connectivity index (χ1) is 12.7. The van der Waals surface area contributed by atoms with Crippen LogP contribution < -0.4 is 10.6 Å². The summed E-state index contributed by atoms with van der Waals surface area (Å²) in [7, 11) is 0. The van der Waals surface area contributed by atoms with E-state index in [0.29, 0.717) is 5.56 Å². The number of fused-ring (bicyclic) bond motifs is 1. The highest BCUT2D eigenvalue weighted by molar-refractivity contribution is 6.09. The largest absolute Gasteiger partial charge is 0.352 e. The van der Waals surface area contributed by atoms with Crippen LogP contribution in [0, 0.1) is 5.92 Å². The number of benzene rings is 2. The van der Waals surface area contributed by atoms with Gasteiger partial charge in [0.25, 0.3) is 5.91 Å². The van der Waals surface area contributed by atoms with Crippen molar-refractivity contribution < 1.29 is 14.4 Å². The van der Waals surface area contributed by atoms with Crippen molar-refractivity contribution in [3.05, 3.63) is 48.0 Å². The lowest BCUT2D eigenvalue weighted by Crippen LogP contribution is -2.46. The monoisotopic (exact) mass is 367 g/mol. The fourth-order valence-corrected chi connectivity index (χ4v) is 3.15. The van der Waals surface area contributed by atoms with Gasteiger partial charge in [-0.15, -0.1) is 0 Å². The predicted molar refractivity (Wildman–Crippen MR) is 104 cm³/mol. The summed E-state index contributed by atoms with van der Waals surface area (Å²) in [4.78, 5) is 38.6. The third-order valence-corrected chi connectivity index (χ3v) is 5.29. The van der Waals surface area contributed by atoms with E-state index in [9.17, 15) is 14.4 Å². The van der Waals surface area contributed by atoms with Gasteiger partial charge in [-0.25, -0.2) is 4.79 Å². The molecule has 2 aromatic rings. The second kappa shape index (κ2) is 7.02. The summed E-state index contributed by atoms with van der Waals surface area (Å²) in [6, 6.07) is 12.9. The van der Waals surface area contributed by atoms with E-state index in [2.05, 4.69) is 10.6 Å². The number of amides is 4. The summed E-state index contributed by atoms with van der Waals surface area (Å²) in [5, 5.41) is 7.62. The average molecular weight is 367 g/mol. The van der Waals surface area contributed by atoms with E-state index in [0.717, 1.165) is 15.7 Å². The number of carbonyl (C=O) groups excluding carboxylic acids is 3. The summed E-state index contributed by atoms with van der Waals surface area (Å²) in [5.74, 6) is -0.502. The number of nitrogens with zero attached hydrogens (tertiary/aromatic N) is 1. The number of rotatable bonds is 5. The highest BCUT2D eigenvalue weighted by Crippen LogP contribution is 2.30. The summed E-state index contributed by atoms with van der Waals surface area (Å²) < 4.78 is 0. The smallest absolute Gasteiger partial charge is 0.325 e. The van der Waals surface area contributed by atoms with Gasteiger partial charge in [-0.3, -0.25) is 14.5 Å². The van der Waals surface area contributed by atoms with Gasteiger partial charge in [0.05, 0.1) is 0 Å². The number of hydrogen-bond acceptors (Lipinski definition) is 3. The zero-order chi connectivity index (χ0) is 19.8. The van der Waals surface area contributed by atoms with E-state index in [1.807, 2.05) is 63.2 Å². The standard InChI is InChI=1S/C21H25N3O3/c1-13(2)14(3)22-18(25)12-24-19(26)21(4,23-20(24)27)17-10-9-15-7-5-6-8-16(15)11-17/h5-11,13-14H,12H2,1-4H3,(H,22,25)(H,23,27)/t14-,21-/m1/s1. The molecule has 6 nitrogen and oxygen atoms in total. The van der Waals surface area contributed by atoms with Crippen molar-refractivity contribution >= 4 is 28.6 Å². The second-order valence-corrected chi connectivity index (χ2v) is 7.61. The highest BCUT2D eigenvalue weighted by Gasteiger charge is 2.49. The molecule has 3 rings (SSSR count). The Hall–Kier alpha value is -2.89. The van der Waals surface area contributed by atoms with Crippen LogP contribution in [-0.4, -0.2) is 35.3 Å². The Morgan fingerprint density at radius 3 is 2.44 bits per heavy atom. The Balaban J connectivity index is 1.82. The number of imide groups is 1. The Bertz CT molecular complexity index is 908. The van der Waals surface area contributed by atoms with Gasteiger partial charge in [-0.1, -0.05) is 50.2 Å². The van der Waals surface area contributed by atoms with Crippen LogP contribution in [0.5, 0.6) is 0 Å². The number of nitrogens with one attached hydrogen (secondary N) is 2. The van der Waals surface area contributed by atoms with Crippen LogP contribution in [0.1, 0.15) is 33.3 Å². The van der Waals surface area contributed by atoms with Gasteiger partial charge in [0.15, 0.2) is 0 Å². The number of hydrogen-bond donors (Lipinski definition) is 2. The first kappa shape index (κ1) is 18.9. The summed E-state index contributed by atoms with van der Waals surface area (Å²) in [6.07, 6.45) is 0. The van der Waals surface area contributed by atoms with Crippen molar-refractivity contribution in [3.63, 3.8) is 0 Å². The first-order valence-corrected chi connectivity index (χ1v) is 9.15. The van der Waals surface area contributed by atoms with E-state index in [-0.39, 0.29) is 24.4 Å². The molecule has 0 unspecified atom stereocenters. The highest BCUT2D eigenvalue weighted by atomic mass is 16.2. The van der Waals surface area contributed by atoms with E-state index < -0.39 is 17.5 Å². The van der Waals surface area contributed by atoms with Gasteiger partial charge in [-0.2, -0.15) is 0 Å². The molecule has 0 radical (unpaired) electrons. The van der Waals surface area contributed by atoms with Crippen LogP contribution in [-0.2, 0) is 15.1 Å². The van der Waals surface area contributed by atoms with Crippen LogP contribution >= 0.6 is 0 Å². The van der Waals surface area contributed by atoms with Crippen molar-refractivity contribution in [2.24, 2.45) is 5.92 Å².